The van der Waals surface area contributed by atoms with Crippen LogP contribution >= 0.6 is 0 Å². The third kappa shape index (κ3) is 5.67. The van der Waals surface area contributed by atoms with Crippen LogP contribution in [0.25, 0.3) is 0 Å². The lowest BCUT2D eigenvalue weighted by atomic mass is 10.1. The maximum atomic E-state index is 12.2. The molecule has 0 saturated heterocycles. The predicted octanol–water partition coefficient (Wildman–Crippen LogP) is 3.49. The van der Waals surface area contributed by atoms with Crippen LogP contribution < -0.4 is 20.1 Å². The van der Waals surface area contributed by atoms with Crippen LogP contribution in [0.5, 0.6) is 11.5 Å². The number of methoxy groups -OCH3 is 2. The first-order chi connectivity index (χ1) is 12.2. The van der Waals surface area contributed by atoms with Gasteiger partial charge in [0.1, 0.15) is 5.82 Å². The number of hydrogen-bond donors (Lipinski definition) is 2. The molecule has 2 aromatic rings. The second kappa shape index (κ2) is 9.52. The normalized spacial score (nSPS) is 10.2. The summed E-state index contributed by atoms with van der Waals surface area (Å²) in [4.78, 5) is 16.5. The molecule has 0 fully saturated rings. The van der Waals surface area contributed by atoms with E-state index in [9.17, 15) is 4.79 Å². The topological polar surface area (TPSA) is 72.5 Å². The van der Waals surface area contributed by atoms with Crippen LogP contribution in [0, 0.1) is 0 Å². The summed E-state index contributed by atoms with van der Waals surface area (Å²) in [5, 5.41) is 6.09. The number of hydrogen-bond acceptors (Lipinski definition) is 5. The van der Waals surface area contributed by atoms with Gasteiger partial charge in [0, 0.05) is 6.54 Å². The van der Waals surface area contributed by atoms with Gasteiger partial charge in [-0.05, 0) is 36.2 Å². The number of anilines is 2. The molecule has 6 heteroatoms. The molecule has 2 rings (SSSR count). The fourth-order valence-corrected chi connectivity index (χ4v) is 2.35. The zero-order valence-corrected chi connectivity index (χ0v) is 15.0. The summed E-state index contributed by atoms with van der Waals surface area (Å²) in [6.07, 6.45) is 4.14. The largest absolute Gasteiger partial charge is 0.493 e. The van der Waals surface area contributed by atoms with Gasteiger partial charge in [-0.1, -0.05) is 19.4 Å². The number of nitrogens with one attached hydrogen (secondary N) is 2. The first-order valence-electron chi connectivity index (χ1n) is 8.37. The van der Waals surface area contributed by atoms with Crippen molar-refractivity contribution in [3.63, 3.8) is 0 Å². The molecule has 1 heterocycles. The van der Waals surface area contributed by atoms with E-state index < -0.39 is 0 Å². The molecule has 1 aromatic carbocycles. The van der Waals surface area contributed by atoms with Gasteiger partial charge in [0.05, 0.1) is 32.5 Å². The molecule has 0 radical (unpaired) electrons. The van der Waals surface area contributed by atoms with Gasteiger partial charge < -0.3 is 20.1 Å². The smallest absolute Gasteiger partial charge is 0.228 e. The van der Waals surface area contributed by atoms with Crippen LogP contribution in [0.4, 0.5) is 11.5 Å². The Morgan fingerprint density at radius 1 is 1.12 bits per heavy atom. The number of rotatable bonds is 9. The molecule has 0 spiro atoms. The number of unbranched alkanes of at least 4 members (excludes halogenated alkanes) is 1. The van der Waals surface area contributed by atoms with Crippen molar-refractivity contribution in [2.75, 3.05) is 31.4 Å². The fraction of sp³-hybridized carbons (Fsp3) is 0.368. The molecule has 134 valence electrons. The Bertz CT molecular complexity index is 687. The second-order valence-corrected chi connectivity index (χ2v) is 5.63. The van der Waals surface area contributed by atoms with Gasteiger partial charge in [0.25, 0.3) is 0 Å². The van der Waals surface area contributed by atoms with Gasteiger partial charge in [-0.25, -0.2) is 4.98 Å². The second-order valence-electron chi connectivity index (χ2n) is 5.63. The summed E-state index contributed by atoms with van der Waals surface area (Å²) in [5.41, 5.74) is 1.52. The SMILES string of the molecule is CCCCNc1ccc(NC(=O)Cc2ccc(OC)c(OC)c2)cn1. The lowest BCUT2D eigenvalue weighted by Gasteiger charge is -2.10. The first-order valence-corrected chi connectivity index (χ1v) is 8.37. The van der Waals surface area contributed by atoms with Gasteiger partial charge in [0.15, 0.2) is 11.5 Å². The Hall–Kier alpha value is -2.76. The van der Waals surface area contributed by atoms with E-state index in [0.717, 1.165) is 30.8 Å². The average molecular weight is 343 g/mol. The van der Waals surface area contributed by atoms with Gasteiger partial charge in [-0.2, -0.15) is 0 Å². The minimum Gasteiger partial charge on any atom is -0.493 e. The molecule has 0 unspecified atom stereocenters. The molecule has 2 N–H and O–H groups in total. The van der Waals surface area contributed by atoms with Crippen LogP contribution in [0.2, 0.25) is 0 Å². The van der Waals surface area contributed by atoms with Crippen LogP contribution in [-0.4, -0.2) is 31.7 Å². The lowest BCUT2D eigenvalue weighted by molar-refractivity contribution is -0.115. The minimum atomic E-state index is -0.110. The van der Waals surface area contributed by atoms with Crippen LogP contribution in [-0.2, 0) is 11.2 Å². The summed E-state index contributed by atoms with van der Waals surface area (Å²) in [5.74, 6) is 1.95. The highest BCUT2D eigenvalue weighted by molar-refractivity contribution is 5.92. The monoisotopic (exact) mass is 343 g/mol. The summed E-state index contributed by atoms with van der Waals surface area (Å²) in [6.45, 7) is 3.04. The summed E-state index contributed by atoms with van der Waals surface area (Å²) >= 11 is 0. The van der Waals surface area contributed by atoms with Crippen molar-refractivity contribution in [2.45, 2.75) is 26.2 Å². The summed E-state index contributed by atoms with van der Waals surface area (Å²) in [6, 6.07) is 9.15. The summed E-state index contributed by atoms with van der Waals surface area (Å²) in [7, 11) is 3.15. The van der Waals surface area contributed by atoms with Gasteiger partial charge in [0.2, 0.25) is 5.91 Å². The van der Waals surface area contributed by atoms with Crippen molar-refractivity contribution < 1.29 is 14.3 Å². The number of carbonyl (C=O) groups excluding carboxylic acids is 1. The molecule has 0 bridgehead atoms. The number of amides is 1. The third-order valence-electron chi connectivity index (χ3n) is 3.70. The Kier molecular flexibility index (Phi) is 7.07. The maximum Gasteiger partial charge on any atom is 0.228 e. The van der Waals surface area contributed by atoms with E-state index in [0.29, 0.717) is 17.2 Å². The number of aromatic nitrogens is 1. The van der Waals surface area contributed by atoms with Crippen LogP contribution in [0.15, 0.2) is 36.5 Å². The molecular formula is C19H25N3O3. The lowest BCUT2D eigenvalue weighted by Crippen LogP contribution is -2.14. The highest BCUT2D eigenvalue weighted by Gasteiger charge is 2.09. The van der Waals surface area contributed by atoms with E-state index in [1.165, 1.54) is 0 Å². The minimum absolute atomic E-state index is 0.110. The number of carbonyl (C=O) groups is 1. The number of pyridine rings is 1. The molecule has 0 aliphatic heterocycles. The Morgan fingerprint density at radius 3 is 2.56 bits per heavy atom. The molecule has 25 heavy (non-hydrogen) atoms. The van der Waals surface area contributed by atoms with E-state index in [2.05, 4.69) is 22.5 Å². The Balaban J connectivity index is 1.91. The summed E-state index contributed by atoms with van der Waals surface area (Å²) < 4.78 is 10.5. The molecule has 0 atom stereocenters. The molecular weight excluding hydrogens is 318 g/mol. The van der Waals surface area contributed by atoms with Gasteiger partial charge >= 0.3 is 0 Å². The number of ether oxygens (including phenoxy) is 2. The van der Waals surface area contributed by atoms with E-state index in [4.69, 9.17) is 9.47 Å². The Labute approximate surface area is 148 Å². The molecule has 1 amide bonds. The molecule has 1 aromatic heterocycles. The van der Waals surface area contributed by atoms with Crippen molar-refractivity contribution >= 4 is 17.4 Å². The van der Waals surface area contributed by atoms with Crippen molar-refractivity contribution in [3.05, 3.63) is 42.1 Å². The molecule has 0 aliphatic rings. The molecule has 0 aliphatic carbocycles. The highest BCUT2D eigenvalue weighted by atomic mass is 16.5. The number of nitrogens with zero attached hydrogens (tertiary/aromatic N) is 1. The highest BCUT2D eigenvalue weighted by Crippen LogP contribution is 2.27. The van der Waals surface area contributed by atoms with Gasteiger partial charge in [-0.15, -0.1) is 0 Å². The van der Waals surface area contributed by atoms with Crippen molar-refractivity contribution in [3.8, 4) is 11.5 Å². The van der Waals surface area contributed by atoms with Crippen LogP contribution in [0.3, 0.4) is 0 Å². The molecule has 6 nitrogen and oxygen atoms in total. The zero-order valence-electron chi connectivity index (χ0n) is 15.0. The average Bonchev–Trinajstić information content (AvgIpc) is 2.63. The van der Waals surface area contributed by atoms with E-state index in [-0.39, 0.29) is 12.3 Å². The molecule has 0 saturated carbocycles. The quantitative estimate of drug-likeness (QED) is 0.682. The zero-order chi connectivity index (χ0) is 18.1. The van der Waals surface area contributed by atoms with E-state index >= 15 is 0 Å². The maximum absolute atomic E-state index is 12.2. The van der Waals surface area contributed by atoms with E-state index in [1.807, 2.05) is 18.2 Å². The van der Waals surface area contributed by atoms with Gasteiger partial charge in [-0.3, -0.25) is 4.79 Å². The Morgan fingerprint density at radius 2 is 1.92 bits per heavy atom. The predicted molar refractivity (Wildman–Crippen MR) is 99.5 cm³/mol. The van der Waals surface area contributed by atoms with Crippen molar-refractivity contribution in [1.29, 1.82) is 0 Å². The van der Waals surface area contributed by atoms with Crippen molar-refractivity contribution in [2.24, 2.45) is 0 Å². The standard InChI is InChI=1S/C19H25N3O3/c1-4-5-10-20-18-9-7-15(13-21-18)22-19(23)12-14-6-8-16(24-2)17(11-14)25-3/h6-9,11,13H,4-5,10,12H2,1-3H3,(H,20,21)(H,22,23). The number of benzene rings is 1. The van der Waals surface area contributed by atoms with E-state index in [1.54, 1.807) is 32.5 Å². The third-order valence-corrected chi connectivity index (χ3v) is 3.70. The van der Waals surface area contributed by atoms with Crippen molar-refractivity contribution in [1.82, 2.24) is 4.98 Å². The first kappa shape index (κ1) is 18.6. The fourth-order valence-electron chi connectivity index (χ4n) is 2.35. The van der Waals surface area contributed by atoms with Crippen LogP contribution in [0.1, 0.15) is 25.3 Å².